The Balaban J connectivity index is 1.55. The highest BCUT2D eigenvalue weighted by atomic mass is 35.5. The highest BCUT2D eigenvalue weighted by molar-refractivity contribution is 6.33. The number of carbonyl (C=O) groups is 2. The fourth-order valence-corrected chi connectivity index (χ4v) is 3.25. The second-order valence-corrected chi connectivity index (χ2v) is 6.73. The summed E-state index contributed by atoms with van der Waals surface area (Å²) < 4.78 is 18.3. The molecule has 0 aliphatic carbocycles. The summed E-state index contributed by atoms with van der Waals surface area (Å²) in [5.41, 5.74) is 1.15. The average Bonchev–Trinajstić information content (AvgIpc) is 2.68. The van der Waals surface area contributed by atoms with Crippen LogP contribution in [0.15, 0.2) is 48.5 Å². The van der Waals surface area contributed by atoms with Crippen LogP contribution in [0.25, 0.3) is 0 Å². The van der Waals surface area contributed by atoms with E-state index in [0.29, 0.717) is 26.2 Å². The van der Waals surface area contributed by atoms with Crippen LogP contribution in [-0.4, -0.2) is 49.1 Å². The summed E-state index contributed by atoms with van der Waals surface area (Å²) in [6.45, 7) is 4.04. The van der Waals surface area contributed by atoms with Crippen molar-refractivity contribution in [1.82, 2.24) is 4.90 Å². The fourth-order valence-electron chi connectivity index (χ4n) is 3.01. The van der Waals surface area contributed by atoms with E-state index in [1.54, 1.807) is 4.90 Å². The van der Waals surface area contributed by atoms with Gasteiger partial charge in [-0.2, -0.15) is 0 Å². The number of rotatable bonds is 4. The van der Waals surface area contributed by atoms with E-state index in [0.717, 1.165) is 17.8 Å². The molecule has 1 aliphatic heterocycles. The van der Waals surface area contributed by atoms with E-state index in [2.05, 4.69) is 4.90 Å². The lowest BCUT2D eigenvalue weighted by Crippen LogP contribution is -2.51. The predicted octanol–water partition coefficient (Wildman–Crippen LogP) is 3.37. The van der Waals surface area contributed by atoms with Crippen molar-refractivity contribution in [2.24, 2.45) is 0 Å². The Labute approximate surface area is 162 Å². The maximum atomic E-state index is 13.1. The Morgan fingerprint density at radius 1 is 1.07 bits per heavy atom. The number of hydrogen-bond acceptors (Lipinski definition) is 4. The molecule has 5 nitrogen and oxygen atoms in total. The first-order valence-electron chi connectivity index (χ1n) is 8.70. The molecule has 2 aromatic rings. The summed E-state index contributed by atoms with van der Waals surface area (Å²) in [6.07, 6.45) is -0.943. The lowest BCUT2D eigenvalue weighted by molar-refractivity contribution is -0.140. The molecule has 142 valence electrons. The number of amides is 1. The van der Waals surface area contributed by atoms with Gasteiger partial charge >= 0.3 is 5.97 Å². The SMILES string of the molecule is CC(OC(=O)c1ccc(F)cc1Cl)C(=O)N1CCN(c2ccccc2)CC1. The van der Waals surface area contributed by atoms with Crippen molar-refractivity contribution >= 4 is 29.2 Å². The van der Waals surface area contributed by atoms with Gasteiger partial charge < -0.3 is 14.5 Å². The van der Waals surface area contributed by atoms with E-state index >= 15 is 0 Å². The number of para-hydroxylation sites is 1. The molecule has 0 radical (unpaired) electrons. The number of benzene rings is 2. The third kappa shape index (κ3) is 4.57. The van der Waals surface area contributed by atoms with Gasteiger partial charge in [0.25, 0.3) is 5.91 Å². The van der Waals surface area contributed by atoms with Crippen LogP contribution in [0.5, 0.6) is 0 Å². The molecule has 1 fully saturated rings. The van der Waals surface area contributed by atoms with Crippen molar-refractivity contribution in [1.29, 1.82) is 0 Å². The molecule has 7 heteroatoms. The summed E-state index contributed by atoms with van der Waals surface area (Å²) in [6, 6.07) is 13.4. The van der Waals surface area contributed by atoms with Crippen LogP contribution in [0.4, 0.5) is 10.1 Å². The van der Waals surface area contributed by atoms with Crippen LogP contribution >= 0.6 is 11.6 Å². The standard InChI is InChI=1S/C20H20ClFN2O3/c1-14(27-20(26)17-8-7-15(22)13-18(17)21)19(25)24-11-9-23(10-12-24)16-5-3-2-4-6-16/h2-8,13-14H,9-12H2,1H3. The molecule has 1 atom stereocenters. The van der Waals surface area contributed by atoms with Gasteiger partial charge in [0.1, 0.15) is 5.82 Å². The topological polar surface area (TPSA) is 49.9 Å². The maximum absolute atomic E-state index is 13.1. The molecule has 0 aromatic heterocycles. The molecule has 0 bridgehead atoms. The first-order chi connectivity index (χ1) is 13.0. The Morgan fingerprint density at radius 3 is 2.37 bits per heavy atom. The molecule has 0 saturated carbocycles. The van der Waals surface area contributed by atoms with Crippen LogP contribution in [0, 0.1) is 5.82 Å². The van der Waals surface area contributed by atoms with Crippen LogP contribution < -0.4 is 4.90 Å². The van der Waals surface area contributed by atoms with Crippen molar-refractivity contribution < 1.29 is 18.7 Å². The second kappa shape index (κ2) is 8.39. The molecule has 27 heavy (non-hydrogen) atoms. The lowest BCUT2D eigenvalue weighted by Gasteiger charge is -2.37. The molecule has 1 saturated heterocycles. The van der Waals surface area contributed by atoms with Gasteiger partial charge in [-0.1, -0.05) is 29.8 Å². The first-order valence-corrected chi connectivity index (χ1v) is 9.08. The molecule has 3 rings (SSSR count). The Kier molecular flexibility index (Phi) is 5.96. The number of nitrogens with zero attached hydrogens (tertiary/aromatic N) is 2. The minimum atomic E-state index is -0.943. The average molecular weight is 391 g/mol. The number of anilines is 1. The van der Waals surface area contributed by atoms with E-state index < -0.39 is 17.9 Å². The monoisotopic (exact) mass is 390 g/mol. The smallest absolute Gasteiger partial charge is 0.340 e. The summed E-state index contributed by atoms with van der Waals surface area (Å²) in [5.74, 6) is -1.55. The van der Waals surface area contributed by atoms with Gasteiger partial charge in [-0.15, -0.1) is 0 Å². The highest BCUT2D eigenvalue weighted by Crippen LogP contribution is 2.20. The van der Waals surface area contributed by atoms with Gasteiger partial charge in [0.05, 0.1) is 10.6 Å². The number of piperazine rings is 1. The molecule has 1 unspecified atom stereocenters. The Hall–Kier alpha value is -2.60. The molecule has 1 amide bonds. The first kappa shape index (κ1) is 19.2. The van der Waals surface area contributed by atoms with Gasteiger partial charge in [0.15, 0.2) is 6.10 Å². The zero-order chi connectivity index (χ0) is 19.4. The van der Waals surface area contributed by atoms with Crippen LogP contribution in [0.2, 0.25) is 5.02 Å². The third-order valence-corrected chi connectivity index (χ3v) is 4.81. The van der Waals surface area contributed by atoms with Gasteiger partial charge in [-0.05, 0) is 37.3 Å². The third-order valence-electron chi connectivity index (χ3n) is 4.50. The van der Waals surface area contributed by atoms with Crippen molar-refractivity contribution in [2.75, 3.05) is 31.1 Å². The van der Waals surface area contributed by atoms with E-state index in [9.17, 15) is 14.0 Å². The maximum Gasteiger partial charge on any atom is 0.340 e. The van der Waals surface area contributed by atoms with Crippen LogP contribution in [0.1, 0.15) is 17.3 Å². The lowest BCUT2D eigenvalue weighted by atomic mass is 10.2. The molecule has 0 N–H and O–H groups in total. The second-order valence-electron chi connectivity index (χ2n) is 6.32. The molecule has 1 aliphatic rings. The van der Waals surface area contributed by atoms with E-state index in [-0.39, 0.29) is 16.5 Å². The number of halogens is 2. The molecule has 2 aromatic carbocycles. The number of carbonyl (C=O) groups excluding carboxylic acids is 2. The van der Waals surface area contributed by atoms with Gasteiger partial charge in [-0.25, -0.2) is 9.18 Å². The normalized spacial score (nSPS) is 15.4. The number of ether oxygens (including phenoxy) is 1. The summed E-state index contributed by atoms with van der Waals surface area (Å²) in [5, 5.41) is -0.0453. The van der Waals surface area contributed by atoms with Crippen molar-refractivity contribution in [3.8, 4) is 0 Å². The van der Waals surface area contributed by atoms with Crippen molar-refractivity contribution in [3.05, 3.63) is 64.9 Å². The summed E-state index contributed by atoms with van der Waals surface area (Å²) in [4.78, 5) is 28.7. The molecule has 1 heterocycles. The van der Waals surface area contributed by atoms with E-state index in [1.165, 1.54) is 13.0 Å². The summed E-state index contributed by atoms with van der Waals surface area (Å²) >= 11 is 5.87. The van der Waals surface area contributed by atoms with Gasteiger partial charge in [0.2, 0.25) is 0 Å². The van der Waals surface area contributed by atoms with E-state index in [1.807, 2.05) is 30.3 Å². The van der Waals surface area contributed by atoms with Crippen molar-refractivity contribution in [3.63, 3.8) is 0 Å². The van der Waals surface area contributed by atoms with Crippen LogP contribution in [-0.2, 0) is 9.53 Å². The Bertz CT molecular complexity index is 823. The van der Waals surface area contributed by atoms with Gasteiger partial charge in [-0.3, -0.25) is 4.79 Å². The van der Waals surface area contributed by atoms with Crippen molar-refractivity contribution in [2.45, 2.75) is 13.0 Å². The Morgan fingerprint density at radius 2 is 1.74 bits per heavy atom. The molecule has 0 spiro atoms. The number of hydrogen-bond donors (Lipinski definition) is 0. The quantitative estimate of drug-likeness (QED) is 0.751. The van der Waals surface area contributed by atoms with E-state index in [4.69, 9.17) is 16.3 Å². The minimum Gasteiger partial charge on any atom is -0.449 e. The zero-order valence-corrected chi connectivity index (χ0v) is 15.7. The molecular formula is C20H20ClFN2O3. The summed E-state index contributed by atoms with van der Waals surface area (Å²) in [7, 11) is 0. The fraction of sp³-hybridized carbons (Fsp3) is 0.300. The molecular weight excluding hydrogens is 371 g/mol. The zero-order valence-electron chi connectivity index (χ0n) is 14.9. The minimum absolute atomic E-state index is 0.0339. The van der Waals surface area contributed by atoms with Crippen LogP contribution in [0.3, 0.4) is 0 Å². The largest absolute Gasteiger partial charge is 0.449 e. The van der Waals surface area contributed by atoms with Gasteiger partial charge in [0, 0.05) is 31.9 Å². The number of esters is 1. The predicted molar refractivity (Wildman–Crippen MR) is 102 cm³/mol. The highest BCUT2D eigenvalue weighted by Gasteiger charge is 2.28.